The summed E-state index contributed by atoms with van der Waals surface area (Å²) >= 11 is 0. The minimum Gasteiger partial charge on any atom is -0.398 e. The molecule has 0 aromatic heterocycles. The van der Waals surface area contributed by atoms with Gasteiger partial charge in [0.05, 0.1) is 0 Å². The number of nitrogens with two attached hydrogens (primary N) is 1. The number of amides is 1. The van der Waals surface area contributed by atoms with Gasteiger partial charge in [-0.3, -0.25) is 4.79 Å². The molecule has 104 valence electrons. The van der Waals surface area contributed by atoms with Crippen molar-refractivity contribution in [2.75, 3.05) is 12.3 Å². The van der Waals surface area contributed by atoms with Gasteiger partial charge in [-0.1, -0.05) is 30.3 Å². The second-order valence-corrected chi connectivity index (χ2v) is 5.00. The first-order valence-electron chi connectivity index (χ1n) is 6.77. The highest BCUT2D eigenvalue weighted by molar-refractivity contribution is 5.95. The Morgan fingerprint density at radius 3 is 2.55 bits per heavy atom. The van der Waals surface area contributed by atoms with E-state index in [0.29, 0.717) is 17.8 Å². The number of carbonyl (C=O) groups is 1. The smallest absolute Gasteiger partial charge is 0.251 e. The number of aryl methyl sites for hydroxylation is 2. The maximum absolute atomic E-state index is 12.0. The van der Waals surface area contributed by atoms with Gasteiger partial charge in [-0.05, 0) is 49.1 Å². The molecule has 3 heteroatoms. The van der Waals surface area contributed by atoms with E-state index in [1.807, 2.05) is 25.1 Å². The standard InChI is InChI=1S/C17H20N2O/c1-12-5-3-4-6-14(12)9-10-19-17(20)15-8-7-13(2)16(18)11-15/h3-8,11H,9-10,18H2,1-2H3,(H,19,20). The third kappa shape index (κ3) is 3.38. The first kappa shape index (κ1) is 14.1. The average molecular weight is 268 g/mol. The van der Waals surface area contributed by atoms with Crippen molar-refractivity contribution in [1.29, 1.82) is 0 Å². The van der Waals surface area contributed by atoms with E-state index in [-0.39, 0.29) is 5.91 Å². The molecule has 0 unspecified atom stereocenters. The Bertz CT molecular complexity index is 620. The molecule has 0 aliphatic heterocycles. The lowest BCUT2D eigenvalue weighted by Crippen LogP contribution is -2.26. The normalized spacial score (nSPS) is 10.3. The molecule has 2 aromatic carbocycles. The molecule has 2 aromatic rings. The van der Waals surface area contributed by atoms with Crippen molar-refractivity contribution in [3.05, 3.63) is 64.7 Å². The Hall–Kier alpha value is -2.29. The van der Waals surface area contributed by atoms with Gasteiger partial charge in [-0.15, -0.1) is 0 Å². The van der Waals surface area contributed by atoms with Crippen LogP contribution < -0.4 is 11.1 Å². The summed E-state index contributed by atoms with van der Waals surface area (Å²) in [5.74, 6) is -0.0784. The number of nitrogens with one attached hydrogen (secondary N) is 1. The summed E-state index contributed by atoms with van der Waals surface area (Å²) in [4.78, 5) is 12.0. The van der Waals surface area contributed by atoms with Crippen LogP contribution in [0.2, 0.25) is 0 Å². The number of nitrogen functional groups attached to an aromatic ring is 1. The summed E-state index contributed by atoms with van der Waals surface area (Å²) in [6, 6.07) is 13.6. The predicted octanol–water partition coefficient (Wildman–Crippen LogP) is 2.86. The number of hydrogen-bond acceptors (Lipinski definition) is 2. The summed E-state index contributed by atoms with van der Waals surface area (Å²) in [7, 11) is 0. The van der Waals surface area contributed by atoms with E-state index in [4.69, 9.17) is 5.73 Å². The molecule has 0 bridgehead atoms. The molecule has 0 saturated carbocycles. The van der Waals surface area contributed by atoms with Crippen molar-refractivity contribution < 1.29 is 4.79 Å². The van der Waals surface area contributed by atoms with Crippen LogP contribution in [0, 0.1) is 13.8 Å². The lowest BCUT2D eigenvalue weighted by atomic mass is 10.1. The van der Waals surface area contributed by atoms with Crippen LogP contribution >= 0.6 is 0 Å². The summed E-state index contributed by atoms with van der Waals surface area (Å²) in [6.45, 7) is 4.63. The highest BCUT2D eigenvalue weighted by atomic mass is 16.1. The summed E-state index contributed by atoms with van der Waals surface area (Å²) in [5.41, 5.74) is 10.6. The molecule has 0 heterocycles. The van der Waals surface area contributed by atoms with Crippen molar-refractivity contribution in [1.82, 2.24) is 5.32 Å². The zero-order valence-electron chi connectivity index (χ0n) is 11.9. The van der Waals surface area contributed by atoms with Crippen molar-refractivity contribution in [2.45, 2.75) is 20.3 Å². The second-order valence-electron chi connectivity index (χ2n) is 5.00. The maximum Gasteiger partial charge on any atom is 0.251 e. The van der Waals surface area contributed by atoms with Crippen LogP contribution in [0.3, 0.4) is 0 Å². The predicted molar refractivity (Wildman–Crippen MR) is 82.8 cm³/mol. The van der Waals surface area contributed by atoms with E-state index in [0.717, 1.165) is 12.0 Å². The van der Waals surface area contributed by atoms with Gasteiger partial charge in [0.25, 0.3) is 5.91 Å². The van der Waals surface area contributed by atoms with E-state index in [1.54, 1.807) is 12.1 Å². The fraction of sp³-hybridized carbons (Fsp3) is 0.235. The van der Waals surface area contributed by atoms with Crippen LogP contribution in [0.5, 0.6) is 0 Å². The summed E-state index contributed by atoms with van der Waals surface area (Å²) < 4.78 is 0. The first-order chi connectivity index (χ1) is 9.58. The first-order valence-corrected chi connectivity index (χ1v) is 6.77. The van der Waals surface area contributed by atoms with Crippen molar-refractivity contribution in [2.24, 2.45) is 0 Å². The van der Waals surface area contributed by atoms with Crippen LogP contribution in [-0.2, 0) is 6.42 Å². The molecular weight excluding hydrogens is 248 g/mol. The number of hydrogen-bond donors (Lipinski definition) is 2. The Balaban J connectivity index is 1.92. The van der Waals surface area contributed by atoms with Gasteiger partial charge in [0.15, 0.2) is 0 Å². The SMILES string of the molecule is Cc1ccc(C(=O)NCCc2ccccc2C)cc1N. The van der Waals surface area contributed by atoms with Crippen LogP contribution in [0.1, 0.15) is 27.0 Å². The van der Waals surface area contributed by atoms with Crippen molar-refractivity contribution >= 4 is 11.6 Å². The third-order valence-corrected chi connectivity index (χ3v) is 3.48. The molecule has 2 rings (SSSR count). The third-order valence-electron chi connectivity index (χ3n) is 3.48. The van der Waals surface area contributed by atoms with Gasteiger partial charge < -0.3 is 11.1 Å². The molecule has 0 radical (unpaired) electrons. The van der Waals surface area contributed by atoms with E-state index in [9.17, 15) is 4.79 Å². The van der Waals surface area contributed by atoms with Crippen molar-refractivity contribution in [3.8, 4) is 0 Å². The molecule has 0 fully saturated rings. The minimum atomic E-state index is -0.0784. The number of rotatable bonds is 4. The van der Waals surface area contributed by atoms with E-state index in [2.05, 4.69) is 24.4 Å². The second kappa shape index (κ2) is 6.24. The molecule has 20 heavy (non-hydrogen) atoms. The van der Waals surface area contributed by atoms with Gasteiger partial charge in [0.1, 0.15) is 0 Å². The highest BCUT2D eigenvalue weighted by Gasteiger charge is 2.06. The molecule has 3 N–H and O–H groups in total. The largest absolute Gasteiger partial charge is 0.398 e. The zero-order valence-corrected chi connectivity index (χ0v) is 11.9. The Labute approximate surface area is 119 Å². The van der Waals surface area contributed by atoms with Gasteiger partial charge in [-0.2, -0.15) is 0 Å². The monoisotopic (exact) mass is 268 g/mol. The fourth-order valence-electron chi connectivity index (χ4n) is 2.09. The topological polar surface area (TPSA) is 55.1 Å². The van der Waals surface area contributed by atoms with Crippen molar-refractivity contribution in [3.63, 3.8) is 0 Å². The molecule has 0 aliphatic carbocycles. The van der Waals surface area contributed by atoms with Crippen LogP contribution in [0.4, 0.5) is 5.69 Å². The minimum absolute atomic E-state index is 0.0784. The zero-order chi connectivity index (χ0) is 14.5. The number of carbonyl (C=O) groups excluding carboxylic acids is 1. The van der Waals surface area contributed by atoms with E-state index < -0.39 is 0 Å². The maximum atomic E-state index is 12.0. The van der Waals surface area contributed by atoms with Gasteiger partial charge >= 0.3 is 0 Å². The number of anilines is 1. The Morgan fingerprint density at radius 2 is 1.85 bits per heavy atom. The summed E-state index contributed by atoms with van der Waals surface area (Å²) in [6.07, 6.45) is 0.833. The molecule has 0 atom stereocenters. The van der Waals surface area contributed by atoms with E-state index >= 15 is 0 Å². The Morgan fingerprint density at radius 1 is 1.10 bits per heavy atom. The molecule has 0 spiro atoms. The average Bonchev–Trinajstić information content (AvgIpc) is 2.44. The van der Waals surface area contributed by atoms with E-state index in [1.165, 1.54) is 11.1 Å². The molecule has 3 nitrogen and oxygen atoms in total. The lowest BCUT2D eigenvalue weighted by molar-refractivity contribution is 0.0954. The summed E-state index contributed by atoms with van der Waals surface area (Å²) in [5, 5.41) is 2.93. The lowest BCUT2D eigenvalue weighted by Gasteiger charge is -2.08. The van der Waals surface area contributed by atoms with Crippen LogP contribution in [0.25, 0.3) is 0 Å². The van der Waals surface area contributed by atoms with Gasteiger partial charge in [-0.25, -0.2) is 0 Å². The van der Waals surface area contributed by atoms with Gasteiger partial charge in [0, 0.05) is 17.8 Å². The van der Waals surface area contributed by atoms with Crippen LogP contribution in [-0.4, -0.2) is 12.5 Å². The fourth-order valence-corrected chi connectivity index (χ4v) is 2.09. The molecule has 1 amide bonds. The highest BCUT2D eigenvalue weighted by Crippen LogP contribution is 2.13. The quantitative estimate of drug-likeness (QED) is 0.838. The van der Waals surface area contributed by atoms with Gasteiger partial charge in [0.2, 0.25) is 0 Å². The number of benzene rings is 2. The van der Waals surface area contributed by atoms with Crippen LogP contribution in [0.15, 0.2) is 42.5 Å². The molecule has 0 saturated heterocycles. The molecular formula is C17H20N2O. The Kier molecular flexibility index (Phi) is 4.41. The molecule has 0 aliphatic rings.